The zero-order chi connectivity index (χ0) is 41.2. The van der Waals surface area contributed by atoms with Crippen LogP contribution in [-0.4, -0.2) is 73.0 Å². The molecule has 4 aromatic rings. The lowest BCUT2D eigenvalue weighted by molar-refractivity contribution is -0.131. The summed E-state index contributed by atoms with van der Waals surface area (Å²) in [5, 5.41) is 15.7. The Morgan fingerprint density at radius 3 is 0.950 bits per heavy atom. The highest BCUT2D eigenvalue weighted by atomic mass is 35.5. The molecule has 0 fully saturated rings. The van der Waals surface area contributed by atoms with E-state index in [1.54, 1.807) is 0 Å². The second kappa shape index (κ2) is 28.1. The predicted octanol–water partition coefficient (Wildman–Crippen LogP) is 4.72. The van der Waals surface area contributed by atoms with Crippen LogP contribution in [0.1, 0.15) is 49.9 Å². The van der Waals surface area contributed by atoms with Gasteiger partial charge in [0.1, 0.15) is 12.1 Å². The number of benzene rings is 4. The fourth-order valence-corrected chi connectivity index (χ4v) is 6.67. The Balaban J connectivity index is 0.00000600. The average molecular weight is 885 g/mol. The van der Waals surface area contributed by atoms with Crippen molar-refractivity contribution in [3.05, 3.63) is 144 Å². The van der Waals surface area contributed by atoms with Gasteiger partial charge in [0.25, 0.3) is 0 Å². The van der Waals surface area contributed by atoms with E-state index in [1.807, 2.05) is 149 Å². The van der Waals surface area contributed by atoms with Gasteiger partial charge in [-0.25, -0.2) is 0 Å². The number of amides is 4. The summed E-state index contributed by atoms with van der Waals surface area (Å²) in [6, 6.07) is 34.9. The van der Waals surface area contributed by atoms with Crippen molar-refractivity contribution in [1.82, 2.24) is 26.6 Å². The van der Waals surface area contributed by atoms with Crippen molar-refractivity contribution < 1.29 is 19.2 Å². The molecular formula is C46H64Cl3N7O4. The Bertz CT molecular complexity index is 1690. The molecule has 0 heterocycles. The van der Waals surface area contributed by atoms with Gasteiger partial charge >= 0.3 is 0 Å². The molecule has 0 unspecified atom stereocenters. The van der Waals surface area contributed by atoms with E-state index in [0.29, 0.717) is 38.8 Å². The zero-order valence-electron chi connectivity index (χ0n) is 34.9. The number of carbonyl (C=O) groups is 4. The van der Waals surface area contributed by atoms with Gasteiger partial charge in [0.05, 0.1) is 12.1 Å². The topological polar surface area (TPSA) is 180 Å². The molecule has 4 amide bonds. The second-order valence-corrected chi connectivity index (χ2v) is 15.5. The maximum Gasteiger partial charge on any atom is 0.243 e. The van der Waals surface area contributed by atoms with Gasteiger partial charge in [0, 0.05) is 25.2 Å². The fourth-order valence-electron chi connectivity index (χ4n) is 6.67. The van der Waals surface area contributed by atoms with Gasteiger partial charge in [-0.15, -0.1) is 37.2 Å². The van der Waals surface area contributed by atoms with Crippen molar-refractivity contribution in [1.29, 1.82) is 0 Å². The van der Waals surface area contributed by atoms with Gasteiger partial charge in [-0.1, -0.05) is 149 Å². The summed E-state index contributed by atoms with van der Waals surface area (Å²) >= 11 is 0. The molecule has 14 heteroatoms. The normalized spacial score (nSPS) is 13.7. The molecule has 0 aliphatic rings. The highest BCUT2D eigenvalue weighted by molar-refractivity contribution is 5.91. The third-order valence-electron chi connectivity index (χ3n) is 9.89. The first-order valence-electron chi connectivity index (χ1n) is 20.0. The molecule has 0 aliphatic heterocycles. The van der Waals surface area contributed by atoms with Crippen LogP contribution in [0.4, 0.5) is 0 Å². The van der Waals surface area contributed by atoms with Crippen LogP contribution >= 0.6 is 37.2 Å². The van der Waals surface area contributed by atoms with E-state index < -0.39 is 24.2 Å². The first-order chi connectivity index (χ1) is 27.4. The molecule has 9 N–H and O–H groups in total. The summed E-state index contributed by atoms with van der Waals surface area (Å²) in [5.41, 5.74) is 16.5. The lowest BCUT2D eigenvalue weighted by Crippen LogP contribution is -2.58. The van der Waals surface area contributed by atoms with E-state index in [4.69, 9.17) is 11.5 Å². The van der Waals surface area contributed by atoms with Crippen LogP contribution in [0, 0.1) is 11.8 Å². The van der Waals surface area contributed by atoms with Crippen LogP contribution in [0.5, 0.6) is 0 Å². The SMILES string of the molecule is CC(C)[C@H](NC(=O)[C@@H](N)Cc1ccccc1)C(=O)N[C@H](CNC[C@H](Cc1ccccc1)NC(=O)[C@@H](NC(=O)[C@@H](N)Cc1ccccc1)C(C)C)Cc1ccccc1.Cl.Cl.Cl. The third kappa shape index (κ3) is 18.4. The number of hydrogen-bond donors (Lipinski definition) is 7. The van der Waals surface area contributed by atoms with Crippen LogP contribution < -0.4 is 38.1 Å². The minimum Gasteiger partial charge on any atom is -0.350 e. The number of nitrogens with two attached hydrogens (primary N) is 2. The standard InChI is InChI=1S/C46H61N7O4.3ClH/c1-31(2)41(52-43(54)39(47)27-35-21-13-7-14-22-35)45(56)50-37(25-33-17-9-5-10-18-33)29-49-30-38(26-34-19-11-6-12-20-34)51-46(57)42(32(3)4)53-44(55)40(48)28-36-23-15-8-16-24-36;;;/h5-24,31-32,37-42,49H,25-30,47-48H2,1-4H3,(H,50,56)(H,51,57)(H,52,54)(H,53,55);3*1H/t37-,38-,39-,40-,41-,42-;;;/m0.../s1. The molecule has 0 aliphatic carbocycles. The molecule has 0 radical (unpaired) electrons. The molecule has 4 aromatic carbocycles. The predicted molar refractivity (Wildman–Crippen MR) is 249 cm³/mol. The Morgan fingerprint density at radius 1 is 0.417 bits per heavy atom. The highest BCUT2D eigenvalue weighted by Gasteiger charge is 2.30. The van der Waals surface area contributed by atoms with Crippen LogP contribution in [0.2, 0.25) is 0 Å². The smallest absolute Gasteiger partial charge is 0.243 e. The Morgan fingerprint density at radius 2 is 0.683 bits per heavy atom. The summed E-state index contributed by atoms with van der Waals surface area (Å²) in [7, 11) is 0. The van der Waals surface area contributed by atoms with Crippen molar-refractivity contribution in [2.75, 3.05) is 13.1 Å². The Hall–Kier alpha value is -4.49. The quantitative estimate of drug-likeness (QED) is 0.0597. The van der Waals surface area contributed by atoms with Gasteiger partial charge in [-0.05, 0) is 59.8 Å². The molecule has 60 heavy (non-hydrogen) atoms. The molecule has 11 nitrogen and oxygen atoms in total. The number of hydrogen-bond acceptors (Lipinski definition) is 7. The summed E-state index contributed by atoms with van der Waals surface area (Å²) in [4.78, 5) is 54.1. The summed E-state index contributed by atoms with van der Waals surface area (Å²) in [6.07, 6.45) is 1.78. The number of carbonyl (C=O) groups excluding carboxylic acids is 4. The molecule has 0 bridgehead atoms. The molecule has 4 rings (SSSR count). The second-order valence-electron chi connectivity index (χ2n) is 15.5. The highest BCUT2D eigenvalue weighted by Crippen LogP contribution is 2.11. The fraction of sp³-hybridized carbons (Fsp3) is 0.391. The van der Waals surface area contributed by atoms with Gasteiger partial charge < -0.3 is 38.1 Å². The zero-order valence-corrected chi connectivity index (χ0v) is 37.4. The number of rotatable bonds is 22. The molecule has 328 valence electrons. The number of halogens is 3. The van der Waals surface area contributed by atoms with Crippen molar-refractivity contribution in [3.63, 3.8) is 0 Å². The van der Waals surface area contributed by atoms with Gasteiger partial charge in [0.15, 0.2) is 0 Å². The van der Waals surface area contributed by atoms with Crippen molar-refractivity contribution in [3.8, 4) is 0 Å². The average Bonchev–Trinajstić information content (AvgIpc) is 3.19. The van der Waals surface area contributed by atoms with E-state index in [2.05, 4.69) is 26.6 Å². The molecule has 0 spiro atoms. The van der Waals surface area contributed by atoms with E-state index >= 15 is 0 Å². The molecule has 0 aromatic heterocycles. The van der Waals surface area contributed by atoms with Gasteiger partial charge in [-0.2, -0.15) is 0 Å². The maximum atomic E-state index is 13.9. The lowest BCUT2D eigenvalue weighted by Gasteiger charge is -2.29. The van der Waals surface area contributed by atoms with Crippen molar-refractivity contribution in [2.45, 2.75) is 89.6 Å². The van der Waals surface area contributed by atoms with E-state index in [1.165, 1.54) is 0 Å². The Kier molecular flexibility index (Phi) is 25.1. The Labute approximate surface area is 374 Å². The van der Waals surface area contributed by atoms with Crippen LogP contribution in [0.3, 0.4) is 0 Å². The van der Waals surface area contributed by atoms with Crippen LogP contribution in [-0.2, 0) is 44.9 Å². The first-order valence-corrected chi connectivity index (χ1v) is 20.0. The van der Waals surface area contributed by atoms with Crippen LogP contribution in [0.25, 0.3) is 0 Å². The maximum absolute atomic E-state index is 13.9. The molecule has 6 atom stereocenters. The van der Waals surface area contributed by atoms with Crippen LogP contribution in [0.15, 0.2) is 121 Å². The van der Waals surface area contributed by atoms with Gasteiger partial charge in [-0.3, -0.25) is 19.2 Å². The molecule has 0 saturated heterocycles. The summed E-state index contributed by atoms with van der Waals surface area (Å²) in [6.45, 7) is 8.31. The minimum atomic E-state index is -0.811. The van der Waals surface area contributed by atoms with E-state index in [9.17, 15) is 19.2 Å². The van der Waals surface area contributed by atoms with E-state index in [0.717, 1.165) is 22.3 Å². The lowest BCUT2D eigenvalue weighted by atomic mass is 9.99. The van der Waals surface area contributed by atoms with Gasteiger partial charge in [0.2, 0.25) is 23.6 Å². The largest absolute Gasteiger partial charge is 0.350 e. The number of nitrogens with one attached hydrogen (secondary N) is 5. The molecule has 0 saturated carbocycles. The summed E-state index contributed by atoms with van der Waals surface area (Å²) in [5.74, 6) is -1.78. The third-order valence-corrected chi connectivity index (χ3v) is 9.89. The monoisotopic (exact) mass is 883 g/mol. The van der Waals surface area contributed by atoms with Crippen molar-refractivity contribution in [2.24, 2.45) is 23.3 Å². The van der Waals surface area contributed by atoms with E-state index in [-0.39, 0.29) is 84.8 Å². The van der Waals surface area contributed by atoms with Crippen molar-refractivity contribution >= 4 is 60.8 Å². The first kappa shape index (κ1) is 53.5. The molecular weight excluding hydrogens is 821 g/mol. The minimum absolute atomic E-state index is 0. The summed E-state index contributed by atoms with van der Waals surface area (Å²) < 4.78 is 0.